The van der Waals surface area contributed by atoms with Crippen LogP contribution in [0.15, 0.2) is 54.6 Å². The van der Waals surface area contributed by atoms with Crippen molar-refractivity contribution in [1.29, 1.82) is 0 Å². The minimum Gasteiger partial charge on any atom is -0.349 e. The largest absolute Gasteiger partial charge is 0.349 e. The highest BCUT2D eigenvalue weighted by Gasteiger charge is 2.26. The van der Waals surface area contributed by atoms with E-state index in [1.165, 1.54) is 37.7 Å². The molecule has 4 rings (SSSR count). The van der Waals surface area contributed by atoms with E-state index in [0.717, 1.165) is 48.6 Å². The highest BCUT2D eigenvalue weighted by atomic mass is 16.1. The summed E-state index contributed by atoms with van der Waals surface area (Å²) in [4.78, 5) is 17.7. The van der Waals surface area contributed by atoms with E-state index < -0.39 is 0 Å². The Balaban J connectivity index is 1.38. The van der Waals surface area contributed by atoms with Gasteiger partial charge in [-0.15, -0.1) is 0 Å². The maximum Gasteiger partial charge on any atom is 0.223 e. The van der Waals surface area contributed by atoms with Crippen LogP contribution < -0.4 is 5.32 Å². The molecule has 1 aliphatic carbocycles. The standard InChI is InChI=1S/C27H35N3O/c1-2-3-9-22-14-16-23(17-15-22)27(31)28-20-26-29-24-12-7-8-13-25(24)30(26)19-18-21-10-5-4-6-11-21/h4-8,10-13,22-23H,2-3,9,14-20H2,1H3,(H,28,31). The Kier molecular flexibility index (Phi) is 7.39. The third-order valence-corrected chi connectivity index (χ3v) is 6.80. The summed E-state index contributed by atoms with van der Waals surface area (Å²) in [5.41, 5.74) is 3.45. The van der Waals surface area contributed by atoms with Gasteiger partial charge in [-0.3, -0.25) is 4.79 Å². The molecule has 0 saturated heterocycles. The Hall–Kier alpha value is -2.62. The Morgan fingerprint density at radius 3 is 2.55 bits per heavy atom. The van der Waals surface area contributed by atoms with Crippen LogP contribution in [-0.4, -0.2) is 15.5 Å². The lowest BCUT2D eigenvalue weighted by Crippen LogP contribution is -2.33. The van der Waals surface area contributed by atoms with Crippen molar-refractivity contribution in [1.82, 2.24) is 14.9 Å². The Morgan fingerprint density at radius 1 is 1.03 bits per heavy atom. The average molecular weight is 418 g/mol. The van der Waals surface area contributed by atoms with E-state index in [1.54, 1.807) is 0 Å². The van der Waals surface area contributed by atoms with Crippen molar-refractivity contribution in [2.45, 2.75) is 71.4 Å². The summed E-state index contributed by atoms with van der Waals surface area (Å²) < 4.78 is 2.27. The molecule has 0 aliphatic heterocycles. The number of nitrogens with one attached hydrogen (secondary N) is 1. The first-order chi connectivity index (χ1) is 15.2. The lowest BCUT2D eigenvalue weighted by Gasteiger charge is -2.27. The number of hydrogen-bond donors (Lipinski definition) is 1. The maximum absolute atomic E-state index is 12.8. The highest BCUT2D eigenvalue weighted by Crippen LogP contribution is 2.32. The number of benzene rings is 2. The van der Waals surface area contributed by atoms with Crippen molar-refractivity contribution in [3.05, 3.63) is 66.0 Å². The van der Waals surface area contributed by atoms with Gasteiger partial charge >= 0.3 is 0 Å². The van der Waals surface area contributed by atoms with Gasteiger partial charge in [0.05, 0.1) is 17.6 Å². The van der Waals surface area contributed by atoms with Crippen LogP contribution >= 0.6 is 0 Å². The van der Waals surface area contributed by atoms with Crippen LogP contribution in [0.25, 0.3) is 11.0 Å². The second-order valence-electron chi connectivity index (χ2n) is 8.98. The number of imidazole rings is 1. The van der Waals surface area contributed by atoms with Gasteiger partial charge in [0.1, 0.15) is 5.82 Å². The van der Waals surface area contributed by atoms with Crippen molar-refractivity contribution >= 4 is 16.9 Å². The minimum absolute atomic E-state index is 0.167. The third-order valence-electron chi connectivity index (χ3n) is 6.80. The summed E-state index contributed by atoms with van der Waals surface area (Å²) in [5.74, 6) is 2.14. The summed E-state index contributed by atoms with van der Waals surface area (Å²) in [6, 6.07) is 18.8. The first-order valence-electron chi connectivity index (χ1n) is 12.0. The van der Waals surface area contributed by atoms with Crippen LogP contribution in [0.3, 0.4) is 0 Å². The lowest BCUT2D eigenvalue weighted by molar-refractivity contribution is -0.126. The molecule has 4 heteroatoms. The molecular formula is C27H35N3O. The maximum atomic E-state index is 12.8. The molecule has 4 nitrogen and oxygen atoms in total. The van der Waals surface area contributed by atoms with Crippen LogP contribution in [0.2, 0.25) is 0 Å². The van der Waals surface area contributed by atoms with Crippen molar-refractivity contribution in [2.75, 3.05) is 0 Å². The number of carbonyl (C=O) groups is 1. The Labute approximate surface area is 186 Å². The SMILES string of the molecule is CCCCC1CCC(C(=O)NCc2nc3ccccc3n2CCc2ccccc2)CC1. The number of hydrogen-bond acceptors (Lipinski definition) is 2. The molecule has 0 radical (unpaired) electrons. The fraction of sp³-hybridized carbons (Fsp3) is 0.481. The van der Waals surface area contributed by atoms with E-state index in [1.807, 2.05) is 12.1 Å². The van der Waals surface area contributed by atoms with Crippen LogP contribution in [0.5, 0.6) is 0 Å². The van der Waals surface area contributed by atoms with Crippen LogP contribution in [0, 0.1) is 11.8 Å². The highest BCUT2D eigenvalue weighted by molar-refractivity contribution is 5.79. The van der Waals surface area contributed by atoms with Gasteiger partial charge in [-0.25, -0.2) is 4.98 Å². The molecule has 0 spiro atoms. The van der Waals surface area contributed by atoms with E-state index in [0.29, 0.717) is 6.54 Å². The zero-order chi connectivity index (χ0) is 21.5. The average Bonchev–Trinajstić information content (AvgIpc) is 3.18. The van der Waals surface area contributed by atoms with Gasteiger partial charge in [-0.2, -0.15) is 0 Å². The Morgan fingerprint density at radius 2 is 1.77 bits per heavy atom. The fourth-order valence-corrected chi connectivity index (χ4v) is 4.91. The van der Waals surface area contributed by atoms with Crippen molar-refractivity contribution in [2.24, 2.45) is 11.8 Å². The van der Waals surface area contributed by atoms with Crippen molar-refractivity contribution < 1.29 is 4.79 Å². The minimum atomic E-state index is 0.167. The molecule has 1 amide bonds. The first-order valence-corrected chi connectivity index (χ1v) is 12.0. The number of para-hydroxylation sites is 2. The summed E-state index contributed by atoms with van der Waals surface area (Å²) in [6.07, 6.45) is 9.34. The molecule has 1 aliphatic rings. The number of rotatable bonds is 9. The van der Waals surface area contributed by atoms with Crippen molar-refractivity contribution in [3.8, 4) is 0 Å². The summed E-state index contributed by atoms with van der Waals surface area (Å²) in [5, 5.41) is 3.20. The molecule has 1 aromatic heterocycles. The van der Waals surface area contributed by atoms with Gasteiger partial charge in [0.2, 0.25) is 5.91 Å². The monoisotopic (exact) mass is 417 g/mol. The van der Waals surface area contributed by atoms with Gasteiger partial charge in [-0.05, 0) is 55.7 Å². The van der Waals surface area contributed by atoms with Gasteiger partial charge < -0.3 is 9.88 Å². The molecule has 164 valence electrons. The van der Waals surface area contributed by atoms with Crippen LogP contribution in [0.4, 0.5) is 0 Å². The molecule has 0 bridgehead atoms. The van der Waals surface area contributed by atoms with Gasteiger partial charge in [0, 0.05) is 12.5 Å². The van der Waals surface area contributed by atoms with E-state index in [4.69, 9.17) is 4.98 Å². The zero-order valence-electron chi connectivity index (χ0n) is 18.7. The molecule has 1 saturated carbocycles. The number of carbonyl (C=O) groups excluding carboxylic acids is 1. The predicted octanol–water partition coefficient (Wildman–Crippen LogP) is 5.89. The Bertz CT molecular complexity index is 971. The number of aromatic nitrogens is 2. The summed E-state index contributed by atoms with van der Waals surface area (Å²) >= 11 is 0. The molecule has 1 heterocycles. The normalized spacial score (nSPS) is 18.9. The number of fused-ring (bicyclic) bond motifs is 1. The molecule has 0 atom stereocenters. The molecule has 0 unspecified atom stereocenters. The molecule has 31 heavy (non-hydrogen) atoms. The third kappa shape index (κ3) is 5.55. The van der Waals surface area contributed by atoms with Crippen molar-refractivity contribution in [3.63, 3.8) is 0 Å². The van der Waals surface area contributed by atoms with Gasteiger partial charge in [0.15, 0.2) is 0 Å². The van der Waals surface area contributed by atoms with E-state index in [2.05, 4.69) is 59.3 Å². The van der Waals surface area contributed by atoms with E-state index in [-0.39, 0.29) is 11.8 Å². The van der Waals surface area contributed by atoms with Gasteiger partial charge in [0.25, 0.3) is 0 Å². The molecule has 2 aromatic carbocycles. The number of unbranched alkanes of at least 4 members (excludes halogenated alkanes) is 1. The quantitative estimate of drug-likeness (QED) is 0.472. The zero-order valence-corrected chi connectivity index (χ0v) is 18.7. The fourth-order valence-electron chi connectivity index (χ4n) is 4.91. The van der Waals surface area contributed by atoms with Crippen LogP contribution in [-0.2, 0) is 24.3 Å². The molecular weight excluding hydrogens is 382 g/mol. The lowest BCUT2D eigenvalue weighted by atomic mass is 9.79. The first kappa shape index (κ1) is 21.6. The molecule has 1 N–H and O–H groups in total. The predicted molar refractivity (Wildman–Crippen MR) is 127 cm³/mol. The second kappa shape index (κ2) is 10.6. The van der Waals surface area contributed by atoms with Crippen LogP contribution in [0.1, 0.15) is 63.3 Å². The van der Waals surface area contributed by atoms with E-state index in [9.17, 15) is 4.79 Å². The smallest absolute Gasteiger partial charge is 0.223 e. The molecule has 1 fully saturated rings. The molecule has 3 aromatic rings. The second-order valence-corrected chi connectivity index (χ2v) is 8.98. The topological polar surface area (TPSA) is 46.9 Å². The van der Waals surface area contributed by atoms with E-state index >= 15 is 0 Å². The number of amides is 1. The summed E-state index contributed by atoms with van der Waals surface area (Å²) in [6.45, 7) is 3.61. The van der Waals surface area contributed by atoms with Gasteiger partial charge in [-0.1, -0.05) is 68.7 Å². The number of nitrogens with zero attached hydrogens (tertiary/aromatic N) is 2. The summed E-state index contributed by atoms with van der Waals surface area (Å²) in [7, 11) is 0. The number of aryl methyl sites for hydroxylation is 2.